The van der Waals surface area contributed by atoms with Crippen molar-refractivity contribution in [1.82, 2.24) is 4.31 Å². The highest BCUT2D eigenvalue weighted by atomic mass is 32.2. The van der Waals surface area contributed by atoms with Gasteiger partial charge >= 0.3 is 0 Å². The van der Waals surface area contributed by atoms with E-state index in [2.05, 4.69) is 12.2 Å². The number of benzene rings is 1. The molecule has 1 aliphatic heterocycles. The average molecular weight is 400 g/mol. The SMILES string of the molecule is CCSC1CCCC1Nc1ccc([N+](=O)[O-])cc1S(=O)(=O)N1CCCC1. The lowest BCUT2D eigenvalue weighted by molar-refractivity contribution is -0.385. The van der Waals surface area contributed by atoms with Gasteiger partial charge in [0.2, 0.25) is 10.0 Å². The molecule has 144 valence electrons. The zero-order valence-electron chi connectivity index (χ0n) is 14.9. The number of thioether (sulfide) groups is 1. The molecule has 1 aromatic rings. The molecule has 3 rings (SSSR count). The summed E-state index contributed by atoms with van der Waals surface area (Å²) in [5, 5.41) is 15.0. The lowest BCUT2D eigenvalue weighted by atomic mass is 10.2. The van der Waals surface area contributed by atoms with Gasteiger partial charge in [0.1, 0.15) is 4.90 Å². The van der Waals surface area contributed by atoms with Gasteiger partial charge in [0.25, 0.3) is 5.69 Å². The number of anilines is 1. The first kappa shape index (κ1) is 19.4. The van der Waals surface area contributed by atoms with Crippen molar-refractivity contribution in [1.29, 1.82) is 0 Å². The Hall–Kier alpha value is -1.32. The van der Waals surface area contributed by atoms with Crippen LogP contribution in [-0.2, 0) is 10.0 Å². The summed E-state index contributed by atoms with van der Waals surface area (Å²) in [5.74, 6) is 1.02. The van der Waals surface area contributed by atoms with Crippen molar-refractivity contribution in [2.24, 2.45) is 0 Å². The molecule has 7 nitrogen and oxygen atoms in total. The van der Waals surface area contributed by atoms with Crippen molar-refractivity contribution in [2.75, 3.05) is 24.2 Å². The Balaban J connectivity index is 1.95. The van der Waals surface area contributed by atoms with E-state index in [0.29, 0.717) is 24.0 Å². The van der Waals surface area contributed by atoms with Gasteiger partial charge in [0.15, 0.2) is 0 Å². The maximum Gasteiger partial charge on any atom is 0.270 e. The summed E-state index contributed by atoms with van der Waals surface area (Å²) in [4.78, 5) is 10.7. The number of non-ortho nitro benzene ring substituents is 1. The van der Waals surface area contributed by atoms with Crippen LogP contribution in [0.2, 0.25) is 0 Å². The van der Waals surface area contributed by atoms with Gasteiger partial charge in [-0.15, -0.1) is 0 Å². The fourth-order valence-electron chi connectivity index (χ4n) is 3.73. The van der Waals surface area contributed by atoms with Crippen molar-refractivity contribution < 1.29 is 13.3 Å². The highest BCUT2D eigenvalue weighted by Gasteiger charge is 2.33. The molecule has 1 saturated carbocycles. The maximum absolute atomic E-state index is 13.1. The fraction of sp³-hybridized carbons (Fsp3) is 0.647. The van der Waals surface area contributed by atoms with Gasteiger partial charge in [-0.3, -0.25) is 10.1 Å². The number of hydrogen-bond donors (Lipinski definition) is 1. The van der Waals surface area contributed by atoms with Gasteiger partial charge in [-0.1, -0.05) is 13.3 Å². The Morgan fingerprint density at radius 1 is 1.27 bits per heavy atom. The first-order chi connectivity index (χ1) is 12.4. The molecule has 1 N–H and O–H groups in total. The molecule has 2 fully saturated rings. The summed E-state index contributed by atoms with van der Waals surface area (Å²) in [6.45, 7) is 3.07. The van der Waals surface area contributed by atoms with Crippen molar-refractivity contribution in [3.63, 3.8) is 0 Å². The van der Waals surface area contributed by atoms with Crippen LogP contribution in [0.5, 0.6) is 0 Å². The molecule has 1 aromatic carbocycles. The normalized spacial score (nSPS) is 24.0. The first-order valence-electron chi connectivity index (χ1n) is 9.10. The van der Waals surface area contributed by atoms with E-state index in [1.54, 1.807) is 6.07 Å². The minimum atomic E-state index is -3.74. The summed E-state index contributed by atoms with van der Waals surface area (Å²) < 4.78 is 27.6. The standard InChI is InChI=1S/C17H25N3O4S2/c1-2-25-16-7-5-6-14(16)18-15-9-8-13(20(21)22)12-17(15)26(23,24)19-10-3-4-11-19/h8-9,12,14,16,18H,2-7,10-11H2,1H3. The maximum atomic E-state index is 13.1. The molecule has 26 heavy (non-hydrogen) atoms. The minimum absolute atomic E-state index is 0.0285. The number of hydrogen-bond acceptors (Lipinski definition) is 6. The lowest BCUT2D eigenvalue weighted by Gasteiger charge is -2.24. The molecule has 1 aliphatic carbocycles. The molecule has 0 radical (unpaired) electrons. The molecule has 2 unspecified atom stereocenters. The van der Waals surface area contributed by atoms with E-state index < -0.39 is 14.9 Å². The number of nitro benzene ring substituents is 1. The van der Waals surface area contributed by atoms with E-state index in [0.717, 1.165) is 37.9 Å². The predicted octanol–water partition coefficient (Wildman–Crippen LogP) is 3.47. The van der Waals surface area contributed by atoms with Crippen molar-refractivity contribution in [2.45, 2.75) is 55.2 Å². The lowest BCUT2D eigenvalue weighted by Crippen LogP contribution is -2.31. The van der Waals surface area contributed by atoms with Gasteiger partial charge in [-0.05, 0) is 37.5 Å². The monoisotopic (exact) mass is 399 g/mol. The summed E-state index contributed by atoms with van der Waals surface area (Å²) in [5.41, 5.74) is 0.287. The zero-order valence-corrected chi connectivity index (χ0v) is 16.5. The molecule has 0 aromatic heterocycles. The van der Waals surface area contributed by atoms with E-state index in [1.165, 1.54) is 16.4 Å². The second-order valence-electron chi connectivity index (χ2n) is 6.72. The van der Waals surface area contributed by atoms with E-state index in [1.807, 2.05) is 11.8 Å². The summed E-state index contributed by atoms with van der Waals surface area (Å²) in [6.07, 6.45) is 4.86. The Morgan fingerprint density at radius 3 is 2.65 bits per heavy atom. The molecule has 1 heterocycles. The zero-order chi connectivity index (χ0) is 18.7. The Kier molecular flexibility index (Phi) is 6.09. The number of nitrogens with one attached hydrogen (secondary N) is 1. The molecule has 0 amide bonds. The van der Waals surface area contributed by atoms with Crippen molar-refractivity contribution in [3.05, 3.63) is 28.3 Å². The van der Waals surface area contributed by atoms with E-state index in [9.17, 15) is 18.5 Å². The average Bonchev–Trinajstić information content (AvgIpc) is 3.28. The highest BCUT2D eigenvalue weighted by Crippen LogP contribution is 2.36. The molecule has 0 spiro atoms. The van der Waals surface area contributed by atoms with Gasteiger partial charge in [-0.25, -0.2) is 8.42 Å². The Labute approximate surface area is 158 Å². The van der Waals surface area contributed by atoms with Gasteiger partial charge < -0.3 is 5.32 Å². The van der Waals surface area contributed by atoms with Crippen LogP contribution >= 0.6 is 11.8 Å². The molecule has 2 atom stereocenters. The summed E-state index contributed by atoms with van der Waals surface area (Å²) >= 11 is 1.88. The van der Waals surface area contributed by atoms with Gasteiger partial charge in [0.05, 0.1) is 10.6 Å². The van der Waals surface area contributed by atoms with Crippen LogP contribution in [-0.4, -0.2) is 47.8 Å². The number of sulfonamides is 1. The molecular formula is C17H25N3O4S2. The quantitative estimate of drug-likeness (QED) is 0.557. The van der Waals surface area contributed by atoms with Crippen LogP contribution in [0.1, 0.15) is 39.0 Å². The number of rotatable bonds is 7. The number of nitro groups is 1. The topological polar surface area (TPSA) is 92.5 Å². The van der Waals surface area contributed by atoms with Crippen LogP contribution in [0.15, 0.2) is 23.1 Å². The Bertz CT molecular complexity index is 763. The molecule has 0 bridgehead atoms. The molecule has 2 aliphatic rings. The van der Waals surface area contributed by atoms with Crippen LogP contribution in [0, 0.1) is 10.1 Å². The highest BCUT2D eigenvalue weighted by molar-refractivity contribution is 7.99. The van der Waals surface area contributed by atoms with E-state index in [-0.39, 0.29) is 16.6 Å². The van der Waals surface area contributed by atoms with Crippen molar-refractivity contribution >= 4 is 33.2 Å². The fourth-order valence-corrected chi connectivity index (χ4v) is 6.62. The largest absolute Gasteiger partial charge is 0.380 e. The van der Waals surface area contributed by atoms with Crippen LogP contribution in [0.4, 0.5) is 11.4 Å². The third-order valence-corrected chi connectivity index (χ3v) is 8.30. The second-order valence-corrected chi connectivity index (χ2v) is 10.1. The summed E-state index contributed by atoms with van der Waals surface area (Å²) in [6, 6.07) is 4.32. The number of nitrogens with zero attached hydrogens (tertiary/aromatic N) is 2. The Morgan fingerprint density at radius 2 is 2.00 bits per heavy atom. The molecule has 1 saturated heterocycles. The van der Waals surface area contributed by atoms with Gasteiger partial charge in [-0.2, -0.15) is 16.1 Å². The predicted molar refractivity (Wildman–Crippen MR) is 104 cm³/mol. The minimum Gasteiger partial charge on any atom is -0.380 e. The third kappa shape index (κ3) is 3.99. The molecular weight excluding hydrogens is 374 g/mol. The smallest absolute Gasteiger partial charge is 0.270 e. The summed E-state index contributed by atoms with van der Waals surface area (Å²) in [7, 11) is -3.74. The van der Waals surface area contributed by atoms with Crippen LogP contribution in [0.25, 0.3) is 0 Å². The van der Waals surface area contributed by atoms with E-state index >= 15 is 0 Å². The first-order valence-corrected chi connectivity index (χ1v) is 11.6. The van der Waals surface area contributed by atoms with Gasteiger partial charge in [0, 0.05) is 36.5 Å². The van der Waals surface area contributed by atoms with Crippen LogP contribution in [0.3, 0.4) is 0 Å². The van der Waals surface area contributed by atoms with Crippen LogP contribution < -0.4 is 5.32 Å². The molecule has 9 heteroatoms. The second kappa shape index (κ2) is 8.14. The van der Waals surface area contributed by atoms with Crippen molar-refractivity contribution in [3.8, 4) is 0 Å². The third-order valence-electron chi connectivity index (χ3n) is 5.03. The van der Waals surface area contributed by atoms with E-state index in [4.69, 9.17) is 0 Å².